The van der Waals surface area contributed by atoms with Crippen LogP contribution in [0, 0.1) is 0 Å². The highest BCUT2D eigenvalue weighted by molar-refractivity contribution is 5.76. The lowest BCUT2D eigenvalue weighted by Crippen LogP contribution is -2.38. The van der Waals surface area contributed by atoms with E-state index in [4.69, 9.17) is 4.52 Å². The number of rotatable bonds is 6. The van der Waals surface area contributed by atoms with Gasteiger partial charge in [0.2, 0.25) is 17.6 Å². The van der Waals surface area contributed by atoms with Crippen molar-refractivity contribution in [1.82, 2.24) is 29.8 Å². The van der Waals surface area contributed by atoms with E-state index in [1.165, 1.54) is 6.33 Å². The van der Waals surface area contributed by atoms with Crippen molar-refractivity contribution in [3.05, 3.63) is 48.9 Å². The molecule has 4 rings (SSSR count). The summed E-state index contributed by atoms with van der Waals surface area (Å²) in [6.45, 7) is 2.18. The molecule has 3 heterocycles. The van der Waals surface area contributed by atoms with Crippen LogP contribution in [0.2, 0.25) is 0 Å². The molecule has 8 heteroatoms. The van der Waals surface area contributed by atoms with Crippen molar-refractivity contribution < 1.29 is 9.32 Å². The molecule has 0 radical (unpaired) electrons. The molecule has 0 spiro atoms. The van der Waals surface area contributed by atoms with Gasteiger partial charge in [-0.05, 0) is 19.3 Å². The minimum Gasteiger partial charge on any atom is -0.343 e. The monoisotopic (exact) mass is 366 g/mol. The summed E-state index contributed by atoms with van der Waals surface area (Å²) in [5, 5.41) is 8.15. The number of carbonyl (C=O) groups is 1. The molecule has 140 valence electrons. The van der Waals surface area contributed by atoms with E-state index in [1.54, 1.807) is 11.0 Å². The second-order valence-corrected chi connectivity index (χ2v) is 6.74. The summed E-state index contributed by atoms with van der Waals surface area (Å²) in [5.74, 6) is 1.71. The quantitative estimate of drug-likeness (QED) is 0.666. The summed E-state index contributed by atoms with van der Waals surface area (Å²) in [4.78, 5) is 22.8. The standard InChI is InChI=1S/C19H22N6O2/c26-17(7-4-10-25-14-20-13-21-25)24-11-8-16(9-12-24)19-22-18(23-27-19)15-5-2-1-3-6-15/h1-3,5-6,13-14,16H,4,7-12H2. The molecule has 1 aromatic carbocycles. The largest absolute Gasteiger partial charge is 0.343 e. The highest BCUT2D eigenvalue weighted by Crippen LogP contribution is 2.28. The summed E-state index contributed by atoms with van der Waals surface area (Å²) in [6.07, 6.45) is 6.18. The van der Waals surface area contributed by atoms with E-state index in [1.807, 2.05) is 35.2 Å². The molecule has 27 heavy (non-hydrogen) atoms. The molecule has 0 aliphatic carbocycles. The van der Waals surface area contributed by atoms with E-state index >= 15 is 0 Å². The fraction of sp³-hybridized carbons (Fsp3) is 0.421. The Kier molecular flexibility index (Phi) is 5.22. The Labute approximate surface area is 157 Å². The van der Waals surface area contributed by atoms with E-state index in [0.29, 0.717) is 24.7 Å². The average molecular weight is 366 g/mol. The second-order valence-electron chi connectivity index (χ2n) is 6.74. The van der Waals surface area contributed by atoms with Crippen LogP contribution in [0.15, 0.2) is 47.5 Å². The predicted octanol–water partition coefficient (Wildman–Crippen LogP) is 2.51. The molecule has 0 unspecified atom stereocenters. The molecule has 3 aromatic rings. The molecule has 0 N–H and O–H groups in total. The number of likely N-dealkylation sites (tertiary alicyclic amines) is 1. The zero-order valence-electron chi connectivity index (χ0n) is 15.1. The van der Waals surface area contributed by atoms with Crippen LogP contribution in [0.5, 0.6) is 0 Å². The lowest BCUT2D eigenvalue weighted by Gasteiger charge is -2.30. The smallest absolute Gasteiger partial charge is 0.230 e. The summed E-state index contributed by atoms with van der Waals surface area (Å²) < 4.78 is 7.23. The highest BCUT2D eigenvalue weighted by Gasteiger charge is 2.27. The van der Waals surface area contributed by atoms with Crippen molar-refractivity contribution in [1.29, 1.82) is 0 Å². The SMILES string of the molecule is O=C(CCCn1cncn1)N1CCC(c2nc(-c3ccccc3)no2)CC1. The van der Waals surface area contributed by atoms with Gasteiger partial charge in [0, 0.05) is 37.5 Å². The lowest BCUT2D eigenvalue weighted by molar-refractivity contribution is -0.132. The van der Waals surface area contributed by atoms with Gasteiger partial charge < -0.3 is 9.42 Å². The van der Waals surface area contributed by atoms with E-state index < -0.39 is 0 Å². The summed E-state index contributed by atoms with van der Waals surface area (Å²) in [6, 6.07) is 9.81. The van der Waals surface area contributed by atoms with E-state index in [0.717, 1.165) is 37.9 Å². The minimum atomic E-state index is 0.198. The molecule has 0 saturated carbocycles. The summed E-state index contributed by atoms with van der Waals surface area (Å²) in [7, 11) is 0. The number of aromatic nitrogens is 5. The van der Waals surface area contributed by atoms with Gasteiger partial charge in [-0.25, -0.2) is 4.98 Å². The Morgan fingerprint density at radius 1 is 1.19 bits per heavy atom. The maximum absolute atomic E-state index is 12.4. The molecular formula is C19H22N6O2. The number of piperidine rings is 1. The maximum atomic E-state index is 12.4. The van der Waals surface area contributed by atoms with Crippen LogP contribution in [0.4, 0.5) is 0 Å². The molecular weight excluding hydrogens is 344 g/mol. The van der Waals surface area contributed by atoms with Crippen LogP contribution in [-0.4, -0.2) is 48.8 Å². The van der Waals surface area contributed by atoms with Gasteiger partial charge in [-0.1, -0.05) is 35.5 Å². The Morgan fingerprint density at radius 3 is 2.74 bits per heavy atom. The average Bonchev–Trinajstić information content (AvgIpc) is 3.41. The van der Waals surface area contributed by atoms with Gasteiger partial charge in [-0.2, -0.15) is 10.1 Å². The van der Waals surface area contributed by atoms with Crippen LogP contribution in [-0.2, 0) is 11.3 Å². The molecule has 0 bridgehead atoms. The van der Waals surface area contributed by atoms with Gasteiger partial charge in [-0.15, -0.1) is 0 Å². The van der Waals surface area contributed by atoms with Crippen molar-refractivity contribution >= 4 is 5.91 Å². The first-order valence-corrected chi connectivity index (χ1v) is 9.29. The van der Waals surface area contributed by atoms with Crippen LogP contribution in [0.3, 0.4) is 0 Å². The highest BCUT2D eigenvalue weighted by atomic mass is 16.5. The van der Waals surface area contributed by atoms with Crippen molar-refractivity contribution in [2.24, 2.45) is 0 Å². The van der Waals surface area contributed by atoms with Crippen LogP contribution in [0.25, 0.3) is 11.4 Å². The lowest BCUT2D eigenvalue weighted by atomic mass is 9.96. The number of carbonyl (C=O) groups excluding carboxylic acids is 1. The topological polar surface area (TPSA) is 89.9 Å². The first-order chi connectivity index (χ1) is 13.3. The van der Waals surface area contributed by atoms with Crippen molar-refractivity contribution in [2.45, 2.75) is 38.1 Å². The van der Waals surface area contributed by atoms with Crippen LogP contribution in [0.1, 0.15) is 37.5 Å². The number of amides is 1. The number of hydrogen-bond acceptors (Lipinski definition) is 6. The normalized spacial score (nSPS) is 15.2. The minimum absolute atomic E-state index is 0.198. The van der Waals surface area contributed by atoms with E-state index in [-0.39, 0.29) is 11.8 Å². The Balaban J connectivity index is 1.26. The fourth-order valence-corrected chi connectivity index (χ4v) is 3.38. The number of nitrogens with zero attached hydrogens (tertiary/aromatic N) is 6. The van der Waals surface area contributed by atoms with Gasteiger partial charge >= 0.3 is 0 Å². The van der Waals surface area contributed by atoms with Gasteiger partial charge in [-0.3, -0.25) is 9.48 Å². The Bertz CT molecular complexity index is 853. The van der Waals surface area contributed by atoms with Crippen LogP contribution >= 0.6 is 0 Å². The number of hydrogen-bond donors (Lipinski definition) is 0. The van der Waals surface area contributed by atoms with E-state index in [9.17, 15) is 4.79 Å². The van der Waals surface area contributed by atoms with Crippen LogP contribution < -0.4 is 0 Å². The third-order valence-electron chi connectivity index (χ3n) is 4.92. The molecule has 1 aliphatic rings. The third-order valence-corrected chi connectivity index (χ3v) is 4.92. The van der Waals surface area contributed by atoms with Crippen molar-refractivity contribution in [2.75, 3.05) is 13.1 Å². The van der Waals surface area contributed by atoms with Gasteiger partial charge in [0.1, 0.15) is 12.7 Å². The summed E-state index contributed by atoms with van der Waals surface area (Å²) >= 11 is 0. The van der Waals surface area contributed by atoms with Crippen molar-refractivity contribution in [3.8, 4) is 11.4 Å². The van der Waals surface area contributed by atoms with Gasteiger partial charge in [0.25, 0.3) is 0 Å². The molecule has 1 amide bonds. The zero-order chi connectivity index (χ0) is 18.5. The number of aryl methyl sites for hydroxylation is 1. The fourth-order valence-electron chi connectivity index (χ4n) is 3.38. The Morgan fingerprint density at radius 2 is 2.00 bits per heavy atom. The number of benzene rings is 1. The third kappa shape index (κ3) is 4.21. The van der Waals surface area contributed by atoms with Gasteiger partial charge in [0.15, 0.2) is 0 Å². The molecule has 8 nitrogen and oxygen atoms in total. The molecule has 0 atom stereocenters. The summed E-state index contributed by atoms with van der Waals surface area (Å²) in [5.41, 5.74) is 0.951. The molecule has 1 fully saturated rings. The maximum Gasteiger partial charge on any atom is 0.230 e. The molecule has 2 aromatic heterocycles. The second kappa shape index (κ2) is 8.11. The van der Waals surface area contributed by atoms with E-state index in [2.05, 4.69) is 20.2 Å². The zero-order valence-corrected chi connectivity index (χ0v) is 15.1. The first-order valence-electron chi connectivity index (χ1n) is 9.29. The van der Waals surface area contributed by atoms with Crippen molar-refractivity contribution in [3.63, 3.8) is 0 Å². The van der Waals surface area contributed by atoms with Gasteiger partial charge in [0.05, 0.1) is 0 Å². The molecule has 1 aliphatic heterocycles. The first kappa shape index (κ1) is 17.4. The Hall–Kier alpha value is -3.03. The molecule has 1 saturated heterocycles. The predicted molar refractivity (Wildman–Crippen MR) is 97.5 cm³/mol.